The van der Waals surface area contributed by atoms with Gasteiger partial charge in [0.05, 0.1) is 13.2 Å². The number of hydrogen-bond acceptors (Lipinski definition) is 4. The number of nitrogens with zero attached hydrogens (tertiary/aromatic N) is 2. The lowest BCUT2D eigenvalue weighted by molar-refractivity contribution is 0.168. The topological polar surface area (TPSA) is 36.9 Å². The third kappa shape index (κ3) is 2.51. The van der Waals surface area contributed by atoms with Crippen molar-refractivity contribution in [3.63, 3.8) is 0 Å². The lowest BCUT2D eigenvalue weighted by Crippen LogP contribution is -2.39. The quantitative estimate of drug-likeness (QED) is 0.655. The molecule has 0 fully saturated rings. The average Bonchev–Trinajstić information content (AvgIpc) is 2.86. The van der Waals surface area contributed by atoms with Gasteiger partial charge in [-0.2, -0.15) is 5.06 Å². The van der Waals surface area contributed by atoms with E-state index in [2.05, 4.69) is 16.9 Å². The molecule has 0 saturated heterocycles. The number of hydrogen-bond donors (Lipinski definition) is 1. The summed E-state index contributed by atoms with van der Waals surface area (Å²) in [5.74, 6) is 0.195. The third-order valence-corrected chi connectivity index (χ3v) is 2.56. The number of guanidine groups is 1. The zero-order valence-electron chi connectivity index (χ0n) is 10.3. The summed E-state index contributed by atoms with van der Waals surface area (Å²) < 4.78 is 14.0. The van der Waals surface area contributed by atoms with E-state index in [0.29, 0.717) is 18.2 Å². The standard InChI is InChI=1S/C13H16FN3O/c1-3-9-18-17(13-15-7-8-16-13)12-10(2)5-4-6-11(12)14/h3-6H,1,7-9H2,2H3,(H,15,16). The van der Waals surface area contributed by atoms with E-state index in [-0.39, 0.29) is 12.4 Å². The minimum Gasteiger partial charge on any atom is -0.352 e. The van der Waals surface area contributed by atoms with Gasteiger partial charge in [-0.25, -0.2) is 9.38 Å². The monoisotopic (exact) mass is 249 g/mol. The SMILES string of the molecule is C=CCON(C1=NCCN1)c1c(C)cccc1F. The van der Waals surface area contributed by atoms with Gasteiger partial charge in [-0.3, -0.25) is 4.84 Å². The number of rotatable bonds is 4. The van der Waals surface area contributed by atoms with Crippen LogP contribution in [0.4, 0.5) is 10.1 Å². The summed E-state index contributed by atoms with van der Waals surface area (Å²) in [4.78, 5) is 9.76. The summed E-state index contributed by atoms with van der Waals surface area (Å²) >= 11 is 0. The van der Waals surface area contributed by atoms with Crippen LogP contribution in [0.15, 0.2) is 35.8 Å². The molecular formula is C13H16FN3O. The maximum Gasteiger partial charge on any atom is 0.223 e. The van der Waals surface area contributed by atoms with Crippen molar-refractivity contribution in [2.24, 2.45) is 4.99 Å². The third-order valence-electron chi connectivity index (χ3n) is 2.56. The van der Waals surface area contributed by atoms with Gasteiger partial charge in [0.1, 0.15) is 11.5 Å². The number of anilines is 1. The Morgan fingerprint density at radius 1 is 1.61 bits per heavy atom. The highest BCUT2D eigenvalue weighted by molar-refractivity contribution is 5.95. The second-order valence-electron chi connectivity index (χ2n) is 3.92. The molecule has 0 saturated carbocycles. The minimum atomic E-state index is -0.338. The van der Waals surface area contributed by atoms with Crippen LogP contribution in [0.5, 0.6) is 0 Å². The molecule has 0 spiro atoms. The molecule has 96 valence electrons. The van der Waals surface area contributed by atoms with E-state index in [1.165, 1.54) is 11.1 Å². The van der Waals surface area contributed by atoms with Gasteiger partial charge in [0.15, 0.2) is 0 Å². The Balaban J connectivity index is 2.35. The molecule has 1 aliphatic heterocycles. The smallest absolute Gasteiger partial charge is 0.223 e. The van der Waals surface area contributed by atoms with Gasteiger partial charge in [0, 0.05) is 6.54 Å². The average molecular weight is 249 g/mol. The van der Waals surface area contributed by atoms with Gasteiger partial charge in [-0.15, -0.1) is 6.58 Å². The highest BCUT2D eigenvalue weighted by atomic mass is 19.1. The molecule has 1 N–H and O–H groups in total. The number of para-hydroxylation sites is 1. The fourth-order valence-corrected chi connectivity index (χ4v) is 1.76. The molecular weight excluding hydrogens is 233 g/mol. The molecule has 1 aromatic rings. The van der Waals surface area contributed by atoms with Crippen LogP contribution in [0.3, 0.4) is 0 Å². The zero-order chi connectivity index (χ0) is 13.0. The van der Waals surface area contributed by atoms with E-state index in [0.717, 1.165) is 12.1 Å². The second-order valence-corrected chi connectivity index (χ2v) is 3.92. The second kappa shape index (κ2) is 5.64. The first kappa shape index (κ1) is 12.6. The van der Waals surface area contributed by atoms with Gasteiger partial charge >= 0.3 is 0 Å². The lowest BCUT2D eigenvalue weighted by Gasteiger charge is -2.24. The first-order valence-corrected chi connectivity index (χ1v) is 5.81. The van der Waals surface area contributed by atoms with Gasteiger partial charge < -0.3 is 5.32 Å². The van der Waals surface area contributed by atoms with E-state index in [1.54, 1.807) is 12.1 Å². The molecule has 0 bridgehead atoms. The van der Waals surface area contributed by atoms with Crippen LogP contribution in [0.25, 0.3) is 0 Å². The molecule has 0 amide bonds. The first-order valence-electron chi connectivity index (χ1n) is 5.81. The number of benzene rings is 1. The Morgan fingerprint density at radius 2 is 2.44 bits per heavy atom. The Labute approximate surface area is 106 Å². The molecule has 1 heterocycles. The summed E-state index contributed by atoms with van der Waals surface area (Å²) in [5.41, 5.74) is 1.17. The molecule has 2 rings (SSSR count). The molecule has 18 heavy (non-hydrogen) atoms. The maximum atomic E-state index is 14.0. The molecule has 0 unspecified atom stereocenters. The zero-order valence-corrected chi connectivity index (χ0v) is 10.3. The number of aliphatic imine (C=N–C) groups is 1. The summed E-state index contributed by atoms with van der Waals surface area (Å²) in [5, 5.41) is 4.47. The first-order chi connectivity index (χ1) is 8.74. The molecule has 0 atom stereocenters. The normalized spacial score (nSPS) is 14.0. The van der Waals surface area contributed by atoms with Crippen molar-refractivity contribution < 1.29 is 9.23 Å². The number of nitrogens with one attached hydrogen (secondary N) is 1. The van der Waals surface area contributed by atoms with E-state index < -0.39 is 0 Å². The van der Waals surface area contributed by atoms with Crippen molar-refractivity contribution in [2.75, 3.05) is 24.8 Å². The van der Waals surface area contributed by atoms with Crippen molar-refractivity contribution in [2.45, 2.75) is 6.92 Å². The summed E-state index contributed by atoms with van der Waals surface area (Å²) in [6.07, 6.45) is 1.61. The number of hydroxylamine groups is 1. The Bertz CT molecular complexity index is 453. The van der Waals surface area contributed by atoms with Crippen molar-refractivity contribution in [1.82, 2.24) is 5.32 Å². The van der Waals surface area contributed by atoms with Crippen LogP contribution < -0.4 is 10.4 Å². The lowest BCUT2D eigenvalue weighted by atomic mass is 10.2. The van der Waals surface area contributed by atoms with E-state index in [1.807, 2.05) is 13.0 Å². The highest BCUT2D eigenvalue weighted by Crippen LogP contribution is 2.24. The predicted octanol–water partition coefficient (Wildman–Crippen LogP) is 2.02. The maximum absolute atomic E-state index is 14.0. The highest BCUT2D eigenvalue weighted by Gasteiger charge is 2.22. The van der Waals surface area contributed by atoms with Gasteiger partial charge in [-0.05, 0) is 18.6 Å². The molecule has 0 aromatic heterocycles. The molecule has 4 nitrogen and oxygen atoms in total. The van der Waals surface area contributed by atoms with Crippen LogP contribution in [0, 0.1) is 12.7 Å². The van der Waals surface area contributed by atoms with Crippen LogP contribution in [0.2, 0.25) is 0 Å². The van der Waals surface area contributed by atoms with Crippen molar-refractivity contribution in [1.29, 1.82) is 0 Å². The Morgan fingerprint density at radius 3 is 3.06 bits per heavy atom. The summed E-state index contributed by atoms with van der Waals surface area (Å²) in [6, 6.07) is 4.91. The van der Waals surface area contributed by atoms with E-state index in [9.17, 15) is 4.39 Å². The van der Waals surface area contributed by atoms with Gasteiger partial charge in [-0.1, -0.05) is 18.2 Å². The van der Waals surface area contributed by atoms with Crippen molar-refractivity contribution in [3.05, 3.63) is 42.2 Å². The van der Waals surface area contributed by atoms with Crippen LogP contribution in [0.1, 0.15) is 5.56 Å². The number of aryl methyl sites for hydroxylation is 1. The van der Waals surface area contributed by atoms with E-state index in [4.69, 9.17) is 4.84 Å². The van der Waals surface area contributed by atoms with Crippen LogP contribution in [-0.2, 0) is 4.84 Å². The molecule has 1 aliphatic rings. The molecule has 5 heteroatoms. The Kier molecular flexibility index (Phi) is 3.94. The van der Waals surface area contributed by atoms with Crippen LogP contribution in [-0.4, -0.2) is 25.7 Å². The van der Waals surface area contributed by atoms with E-state index >= 15 is 0 Å². The predicted molar refractivity (Wildman–Crippen MR) is 70.1 cm³/mol. The Hall–Kier alpha value is -1.88. The number of halogens is 1. The minimum absolute atomic E-state index is 0.286. The summed E-state index contributed by atoms with van der Waals surface area (Å²) in [6.45, 7) is 7.11. The fourth-order valence-electron chi connectivity index (χ4n) is 1.76. The largest absolute Gasteiger partial charge is 0.352 e. The van der Waals surface area contributed by atoms with Crippen molar-refractivity contribution in [3.8, 4) is 0 Å². The summed E-state index contributed by atoms with van der Waals surface area (Å²) in [7, 11) is 0. The fraction of sp³-hybridized carbons (Fsp3) is 0.308. The van der Waals surface area contributed by atoms with Gasteiger partial charge in [0.25, 0.3) is 0 Å². The van der Waals surface area contributed by atoms with Crippen molar-refractivity contribution >= 4 is 11.6 Å². The van der Waals surface area contributed by atoms with Gasteiger partial charge in [0.2, 0.25) is 5.96 Å². The van der Waals surface area contributed by atoms with Crippen LogP contribution >= 0.6 is 0 Å². The molecule has 1 aromatic carbocycles. The molecule has 0 radical (unpaired) electrons. The molecule has 0 aliphatic carbocycles.